The SMILES string of the molecule is CC[C@H]1c2oc3ccccc3c2C(C2=CC3c4ccccc4C(C)(C)C3C=C2)N(C)C1n1c2ccccc2c2cc3ccccc3cc21. The van der Waals surface area contributed by atoms with E-state index in [1.807, 2.05) is 0 Å². The highest BCUT2D eigenvalue weighted by Gasteiger charge is 2.48. The first-order valence-corrected chi connectivity index (χ1v) is 17.6. The summed E-state index contributed by atoms with van der Waals surface area (Å²) < 4.78 is 9.61. The van der Waals surface area contributed by atoms with Crippen molar-refractivity contribution in [2.45, 2.75) is 56.7 Å². The Labute approximate surface area is 281 Å². The molecule has 0 amide bonds. The Hall–Kier alpha value is -4.86. The minimum Gasteiger partial charge on any atom is -0.460 e. The molecule has 1 aliphatic heterocycles. The summed E-state index contributed by atoms with van der Waals surface area (Å²) in [6.07, 6.45) is 8.59. The Balaban J connectivity index is 1.24. The van der Waals surface area contributed by atoms with Crippen molar-refractivity contribution in [2.75, 3.05) is 7.05 Å². The first-order valence-electron chi connectivity index (χ1n) is 17.6. The van der Waals surface area contributed by atoms with E-state index < -0.39 is 0 Å². The Kier molecular flexibility index (Phi) is 5.91. The van der Waals surface area contributed by atoms with Gasteiger partial charge in [-0.3, -0.25) is 4.90 Å². The number of nitrogens with zero attached hydrogens (tertiary/aromatic N) is 2. The quantitative estimate of drug-likeness (QED) is 0.195. The van der Waals surface area contributed by atoms with Gasteiger partial charge in [0.2, 0.25) is 0 Å². The molecule has 2 aromatic heterocycles. The number of allylic oxidation sites excluding steroid dienone is 2. The molecule has 236 valence electrons. The van der Waals surface area contributed by atoms with Crippen molar-refractivity contribution < 1.29 is 4.42 Å². The average Bonchev–Trinajstić information content (AvgIpc) is 3.72. The van der Waals surface area contributed by atoms with Gasteiger partial charge in [0.15, 0.2) is 0 Å². The highest BCUT2D eigenvalue weighted by atomic mass is 16.3. The van der Waals surface area contributed by atoms with Gasteiger partial charge in [0.1, 0.15) is 11.3 Å². The lowest BCUT2D eigenvalue weighted by Gasteiger charge is -2.46. The number of likely N-dealkylation sites (N-methyl/N-ethyl adjacent to an activating group) is 1. The molecule has 48 heavy (non-hydrogen) atoms. The van der Waals surface area contributed by atoms with Crippen LogP contribution < -0.4 is 0 Å². The molecule has 0 radical (unpaired) electrons. The molecule has 4 unspecified atom stereocenters. The summed E-state index contributed by atoms with van der Waals surface area (Å²) in [5, 5.41) is 6.40. The second-order valence-electron chi connectivity index (χ2n) is 14.9. The monoisotopic (exact) mass is 624 g/mol. The second-order valence-corrected chi connectivity index (χ2v) is 14.9. The third-order valence-corrected chi connectivity index (χ3v) is 12.2. The summed E-state index contributed by atoms with van der Waals surface area (Å²) >= 11 is 0. The van der Waals surface area contributed by atoms with Gasteiger partial charge >= 0.3 is 0 Å². The molecular weight excluding hydrogens is 585 g/mol. The predicted molar refractivity (Wildman–Crippen MR) is 199 cm³/mol. The lowest BCUT2D eigenvalue weighted by atomic mass is 9.72. The van der Waals surface area contributed by atoms with Crippen LogP contribution in [0.2, 0.25) is 0 Å². The van der Waals surface area contributed by atoms with Crippen LogP contribution in [0, 0.1) is 5.92 Å². The van der Waals surface area contributed by atoms with E-state index in [0.29, 0.717) is 11.8 Å². The highest BCUT2D eigenvalue weighted by Crippen LogP contribution is 2.58. The highest BCUT2D eigenvalue weighted by molar-refractivity contribution is 6.12. The van der Waals surface area contributed by atoms with Crippen LogP contribution in [0.1, 0.15) is 73.7 Å². The zero-order chi connectivity index (χ0) is 32.3. The van der Waals surface area contributed by atoms with E-state index in [2.05, 4.69) is 165 Å². The predicted octanol–water partition coefficient (Wildman–Crippen LogP) is 11.6. The summed E-state index contributed by atoms with van der Waals surface area (Å²) in [5.74, 6) is 2.11. The Morgan fingerprint density at radius 3 is 2.29 bits per heavy atom. The average molecular weight is 625 g/mol. The first-order chi connectivity index (χ1) is 23.5. The van der Waals surface area contributed by atoms with Gasteiger partial charge in [-0.05, 0) is 76.5 Å². The second kappa shape index (κ2) is 10.1. The van der Waals surface area contributed by atoms with Crippen molar-refractivity contribution in [3.05, 3.63) is 155 Å². The number of aromatic nitrogens is 1. The molecule has 0 fully saturated rings. The lowest BCUT2D eigenvalue weighted by Crippen LogP contribution is -2.41. The molecule has 3 heterocycles. The molecule has 5 atom stereocenters. The maximum atomic E-state index is 6.97. The van der Waals surface area contributed by atoms with Crippen LogP contribution in [-0.2, 0) is 5.41 Å². The Morgan fingerprint density at radius 2 is 1.46 bits per heavy atom. The Morgan fingerprint density at radius 1 is 0.750 bits per heavy atom. The van der Waals surface area contributed by atoms with Crippen molar-refractivity contribution >= 4 is 43.5 Å². The van der Waals surface area contributed by atoms with Crippen molar-refractivity contribution in [1.29, 1.82) is 0 Å². The van der Waals surface area contributed by atoms with Crippen LogP contribution in [0.4, 0.5) is 0 Å². The van der Waals surface area contributed by atoms with E-state index in [4.69, 9.17) is 4.42 Å². The van der Waals surface area contributed by atoms with Crippen LogP contribution in [0.25, 0.3) is 43.5 Å². The van der Waals surface area contributed by atoms with E-state index in [9.17, 15) is 0 Å². The van der Waals surface area contributed by atoms with Crippen molar-refractivity contribution in [1.82, 2.24) is 9.47 Å². The molecule has 0 spiro atoms. The molecule has 0 bridgehead atoms. The van der Waals surface area contributed by atoms with Gasteiger partial charge in [-0.2, -0.15) is 0 Å². The number of rotatable bonds is 3. The maximum absolute atomic E-state index is 6.97. The third kappa shape index (κ3) is 3.68. The van der Waals surface area contributed by atoms with Crippen LogP contribution in [0.3, 0.4) is 0 Å². The zero-order valence-electron chi connectivity index (χ0n) is 28.0. The Bertz CT molecular complexity index is 2490. The van der Waals surface area contributed by atoms with Crippen molar-refractivity contribution in [3.8, 4) is 0 Å². The largest absolute Gasteiger partial charge is 0.460 e. The molecule has 3 aliphatic rings. The molecule has 0 N–H and O–H groups in total. The number of fused-ring (bicyclic) bond motifs is 10. The summed E-state index contributed by atoms with van der Waals surface area (Å²) in [7, 11) is 2.36. The van der Waals surface area contributed by atoms with Crippen molar-refractivity contribution in [3.63, 3.8) is 0 Å². The number of furan rings is 1. The zero-order valence-corrected chi connectivity index (χ0v) is 28.0. The van der Waals surface area contributed by atoms with Crippen LogP contribution in [-0.4, -0.2) is 16.5 Å². The van der Waals surface area contributed by atoms with E-state index in [1.165, 1.54) is 60.2 Å². The summed E-state index contributed by atoms with van der Waals surface area (Å²) in [6.45, 7) is 7.16. The molecule has 0 saturated heterocycles. The van der Waals surface area contributed by atoms with Gasteiger partial charge in [0.05, 0.1) is 29.2 Å². The van der Waals surface area contributed by atoms with E-state index in [1.54, 1.807) is 0 Å². The van der Waals surface area contributed by atoms with Gasteiger partial charge < -0.3 is 8.98 Å². The van der Waals surface area contributed by atoms with Gasteiger partial charge in [0.25, 0.3) is 0 Å². The lowest BCUT2D eigenvalue weighted by molar-refractivity contribution is 0.0885. The summed E-state index contributed by atoms with van der Waals surface area (Å²) in [5.41, 5.74) is 9.29. The minimum absolute atomic E-state index is 0.0428. The molecule has 5 aromatic carbocycles. The third-order valence-electron chi connectivity index (χ3n) is 12.2. The molecule has 7 aromatic rings. The van der Waals surface area contributed by atoms with Crippen molar-refractivity contribution in [2.24, 2.45) is 5.92 Å². The molecular formula is C45H40N2O. The van der Waals surface area contributed by atoms with Crippen LogP contribution in [0.5, 0.6) is 0 Å². The fourth-order valence-electron chi connectivity index (χ4n) is 9.96. The number of para-hydroxylation sites is 2. The van der Waals surface area contributed by atoms with Gasteiger partial charge in [-0.25, -0.2) is 0 Å². The van der Waals surface area contributed by atoms with E-state index in [0.717, 1.165) is 17.8 Å². The molecule has 10 rings (SSSR count). The fraction of sp³-hybridized carbons (Fsp3) is 0.244. The maximum Gasteiger partial charge on any atom is 0.134 e. The number of benzene rings is 5. The molecule has 2 aliphatic carbocycles. The van der Waals surface area contributed by atoms with Crippen LogP contribution >= 0.6 is 0 Å². The first kappa shape index (κ1) is 28.2. The molecule has 3 heteroatoms. The normalized spacial score (nSPS) is 24.7. The molecule has 3 nitrogen and oxygen atoms in total. The number of hydrogen-bond donors (Lipinski definition) is 0. The summed E-state index contributed by atoms with van der Waals surface area (Å²) in [4.78, 5) is 2.67. The fourth-order valence-corrected chi connectivity index (χ4v) is 9.96. The van der Waals surface area contributed by atoms with E-state index in [-0.39, 0.29) is 23.5 Å². The summed E-state index contributed by atoms with van der Waals surface area (Å²) in [6, 6.07) is 40.4. The van der Waals surface area contributed by atoms with Gasteiger partial charge in [-0.15, -0.1) is 0 Å². The number of hydrogen-bond acceptors (Lipinski definition) is 2. The topological polar surface area (TPSA) is 21.3 Å². The standard InChI is InChI=1S/C45H40N2O/c1-5-30-43-41(33-18-10-13-21-40(33)48-43)42(29-22-23-37-34(25-29)31-16-8-11-19-36(31)45(37,2)3)46(4)44(30)47-38-20-12-9-17-32(38)35-24-27-14-6-7-15-28(27)26-39(35)47/h6-26,30,34,37,42,44H,5H2,1-4H3/t30-,34?,37?,42?,44?/m0/s1. The smallest absolute Gasteiger partial charge is 0.134 e. The molecule has 0 saturated carbocycles. The van der Waals surface area contributed by atoms with Gasteiger partial charge in [0, 0.05) is 27.6 Å². The van der Waals surface area contributed by atoms with Gasteiger partial charge in [-0.1, -0.05) is 124 Å². The van der Waals surface area contributed by atoms with Crippen LogP contribution in [0.15, 0.2) is 137 Å². The minimum atomic E-state index is 0.0428. The van der Waals surface area contributed by atoms with E-state index >= 15 is 0 Å².